The van der Waals surface area contributed by atoms with Gasteiger partial charge in [-0.1, -0.05) is 15.9 Å². The van der Waals surface area contributed by atoms with Crippen molar-refractivity contribution in [3.8, 4) is 6.07 Å². The Morgan fingerprint density at radius 3 is 2.92 bits per heavy atom. The zero-order chi connectivity index (χ0) is 9.52. The van der Waals surface area contributed by atoms with Crippen molar-refractivity contribution < 1.29 is 0 Å². The minimum Gasteiger partial charge on any atom is -0.261 e. The summed E-state index contributed by atoms with van der Waals surface area (Å²) in [6.07, 6.45) is 6.70. The highest BCUT2D eigenvalue weighted by atomic mass is 79.9. The molecule has 1 aromatic rings. The monoisotopic (exact) mass is 239 g/mol. The van der Waals surface area contributed by atoms with Crippen molar-refractivity contribution >= 4 is 15.9 Å². The van der Waals surface area contributed by atoms with Gasteiger partial charge >= 0.3 is 0 Å². The molecule has 13 heavy (non-hydrogen) atoms. The zero-order valence-corrected chi connectivity index (χ0v) is 8.74. The van der Waals surface area contributed by atoms with Crippen LogP contribution in [0.2, 0.25) is 0 Å². The Hall–Kier alpha value is -0.950. The quantitative estimate of drug-likeness (QED) is 0.758. The zero-order valence-electron chi connectivity index (χ0n) is 7.15. The third-order valence-electron chi connectivity index (χ3n) is 1.72. The number of halogens is 1. The third-order valence-corrected chi connectivity index (χ3v) is 2.28. The molecule has 0 bridgehead atoms. The molecule has 0 aromatic carbocycles. The first-order valence-electron chi connectivity index (χ1n) is 4.10. The van der Waals surface area contributed by atoms with E-state index in [2.05, 4.69) is 32.0 Å². The van der Waals surface area contributed by atoms with Gasteiger partial charge in [-0.25, -0.2) is 0 Å². The van der Waals surface area contributed by atoms with E-state index in [1.54, 1.807) is 18.6 Å². The molecular weight excluding hydrogens is 230 g/mol. The van der Waals surface area contributed by atoms with E-state index in [0.717, 1.165) is 23.9 Å². The van der Waals surface area contributed by atoms with Crippen LogP contribution in [-0.4, -0.2) is 15.3 Å². The molecule has 0 aliphatic rings. The van der Waals surface area contributed by atoms with E-state index in [4.69, 9.17) is 5.26 Å². The lowest BCUT2D eigenvalue weighted by atomic mass is 10.0. The highest BCUT2D eigenvalue weighted by Gasteiger charge is 2.10. The van der Waals surface area contributed by atoms with Crippen LogP contribution in [0.4, 0.5) is 0 Å². The van der Waals surface area contributed by atoms with Gasteiger partial charge in [0.1, 0.15) is 0 Å². The van der Waals surface area contributed by atoms with Crippen LogP contribution >= 0.6 is 15.9 Å². The summed E-state index contributed by atoms with van der Waals surface area (Å²) in [5.74, 6) is -0.119. The number of hydrogen-bond donors (Lipinski definition) is 0. The van der Waals surface area contributed by atoms with Crippen molar-refractivity contribution in [3.63, 3.8) is 0 Å². The van der Waals surface area contributed by atoms with Crippen LogP contribution in [-0.2, 0) is 0 Å². The van der Waals surface area contributed by atoms with Gasteiger partial charge in [-0.3, -0.25) is 9.97 Å². The van der Waals surface area contributed by atoms with Crippen LogP contribution in [0.3, 0.4) is 0 Å². The molecule has 68 valence electrons. The minimum atomic E-state index is -0.119. The average molecular weight is 240 g/mol. The first kappa shape index (κ1) is 10.1. The molecule has 0 fully saturated rings. The molecular formula is C9H10BrN3. The Morgan fingerprint density at radius 2 is 2.38 bits per heavy atom. The fraction of sp³-hybridized carbons (Fsp3) is 0.444. The fourth-order valence-corrected chi connectivity index (χ4v) is 1.37. The van der Waals surface area contributed by atoms with Crippen LogP contribution in [0.15, 0.2) is 18.6 Å². The lowest BCUT2D eigenvalue weighted by Gasteiger charge is -2.05. The van der Waals surface area contributed by atoms with Crippen LogP contribution in [0.5, 0.6) is 0 Å². The van der Waals surface area contributed by atoms with Crippen LogP contribution in [0.25, 0.3) is 0 Å². The van der Waals surface area contributed by atoms with Gasteiger partial charge in [0.25, 0.3) is 0 Å². The predicted octanol–water partition coefficient (Wildman–Crippen LogP) is 2.26. The number of hydrogen-bond acceptors (Lipinski definition) is 3. The molecule has 1 heterocycles. The van der Waals surface area contributed by atoms with Gasteiger partial charge in [0.05, 0.1) is 17.7 Å². The van der Waals surface area contributed by atoms with E-state index in [-0.39, 0.29) is 5.92 Å². The van der Waals surface area contributed by atoms with Crippen molar-refractivity contribution in [2.24, 2.45) is 0 Å². The summed E-state index contributed by atoms with van der Waals surface area (Å²) in [4.78, 5) is 8.04. The summed E-state index contributed by atoms with van der Waals surface area (Å²) < 4.78 is 0. The van der Waals surface area contributed by atoms with E-state index in [1.807, 2.05) is 0 Å². The number of aromatic nitrogens is 2. The second-order valence-corrected chi connectivity index (χ2v) is 3.44. The van der Waals surface area contributed by atoms with Crippen LogP contribution in [0, 0.1) is 11.3 Å². The Balaban J connectivity index is 2.63. The van der Waals surface area contributed by atoms with E-state index < -0.39 is 0 Å². The smallest absolute Gasteiger partial charge is 0.0900 e. The molecule has 1 unspecified atom stereocenters. The highest BCUT2D eigenvalue weighted by molar-refractivity contribution is 9.09. The van der Waals surface area contributed by atoms with Gasteiger partial charge in [-0.15, -0.1) is 0 Å². The van der Waals surface area contributed by atoms with Crippen molar-refractivity contribution in [2.45, 2.75) is 18.8 Å². The van der Waals surface area contributed by atoms with Gasteiger partial charge in [0, 0.05) is 23.9 Å². The van der Waals surface area contributed by atoms with Gasteiger partial charge in [-0.05, 0) is 12.8 Å². The van der Waals surface area contributed by atoms with Gasteiger partial charge in [-0.2, -0.15) is 5.26 Å². The number of nitrogens with zero attached hydrogens (tertiary/aromatic N) is 3. The topological polar surface area (TPSA) is 49.6 Å². The summed E-state index contributed by atoms with van der Waals surface area (Å²) in [6, 6.07) is 2.23. The molecule has 1 rings (SSSR count). The Labute approximate surface area is 86.0 Å². The molecule has 0 saturated heterocycles. The van der Waals surface area contributed by atoms with Gasteiger partial charge in [0.2, 0.25) is 0 Å². The standard InChI is InChI=1S/C9H10BrN3/c10-3-1-2-8(6-11)9-7-12-4-5-13-9/h4-5,7-8H,1-3H2. The van der Waals surface area contributed by atoms with E-state index in [0.29, 0.717) is 0 Å². The molecule has 0 saturated carbocycles. The third kappa shape index (κ3) is 3.11. The lowest BCUT2D eigenvalue weighted by Crippen LogP contribution is -1.99. The minimum absolute atomic E-state index is 0.119. The van der Waals surface area contributed by atoms with E-state index in [9.17, 15) is 0 Å². The SMILES string of the molecule is N#CC(CCCBr)c1cnccn1. The maximum absolute atomic E-state index is 8.87. The van der Waals surface area contributed by atoms with E-state index >= 15 is 0 Å². The predicted molar refractivity (Wildman–Crippen MR) is 53.4 cm³/mol. The molecule has 1 aromatic heterocycles. The first-order valence-corrected chi connectivity index (χ1v) is 5.22. The number of alkyl halides is 1. The van der Waals surface area contributed by atoms with Crippen molar-refractivity contribution in [2.75, 3.05) is 5.33 Å². The number of rotatable bonds is 4. The highest BCUT2D eigenvalue weighted by Crippen LogP contribution is 2.17. The maximum atomic E-state index is 8.87. The first-order chi connectivity index (χ1) is 6.38. The van der Waals surface area contributed by atoms with Crippen LogP contribution in [0.1, 0.15) is 24.5 Å². The Kier molecular flexibility index (Phi) is 4.41. The molecule has 4 heteroatoms. The average Bonchev–Trinajstić information content (AvgIpc) is 2.21. The van der Waals surface area contributed by atoms with Crippen LogP contribution < -0.4 is 0 Å². The normalized spacial score (nSPS) is 12.0. The number of nitriles is 1. The van der Waals surface area contributed by atoms with Crippen molar-refractivity contribution in [3.05, 3.63) is 24.3 Å². The van der Waals surface area contributed by atoms with E-state index in [1.165, 1.54) is 0 Å². The van der Waals surface area contributed by atoms with Gasteiger partial charge in [0.15, 0.2) is 0 Å². The van der Waals surface area contributed by atoms with Gasteiger partial charge < -0.3 is 0 Å². The summed E-state index contributed by atoms with van der Waals surface area (Å²) in [5.41, 5.74) is 0.769. The lowest BCUT2D eigenvalue weighted by molar-refractivity contribution is 0.711. The summed E-state index contributed by atoms with van der Waals surface area (Å²) >= 11 is 3.33. The van der Waals surface area contributed by atoms with Crippen molar-refractivity contribution in [1.29, 1.82) is 5.26 Å². The molecule has 3 nitrogen and oxygen atoms in total. The Bertz CT molecular complexity index is 281. The molecule has 0 aliphatic heterocycles. The molecule has 0 aliphatic carbocycles. The molecule has 0 spiro atoms. The molecule has 0 amide bonds. The summed E-state index contributed by atoms with van der Waals surface area (Å²) in [6.45, 7) is 0. The Morgan fingerprint density at radius 1 is 1.54 bits per heavy atom. The largest absolute Gasteiger partial charge is 0.261 e. The molecule has 0 radical (unpaired) electrons. The summed E-state index contributed by atoms with van der Waals surface area (Å²) in [7, 11) is 0. The second-order valence-electron chi connectivity index (χ2n) is 2.64. The molecule has 1 atom stereocenters. The fourth-order valence-electron chi connectivity index (χ4n) is 1.05. The second kappa shape index (κ2) is 5.65. The summed E-state index contributed by atoms with van der Waals surface area (Å²) in [5, 5.41) is 9.80. The van der Waals surface area contributed by atoms with Crippen molar-refractivity contribution in [1.82, 2.24) is 9.97 Å². The maximum Gasteiger partial charge on any atom is 0.0900 e. The molecule has 0 N–H and O–H groups in total.